The largest absolute Gasteiger partial charge is 0.349 e. The molecule has 1 heterocycles. The first-order valence-corrected chi connectivity index (χ1v) is 7.06. The summed E-state index contributed by atoms with van der Waals surface area (Å²) in [4.78, 5) is 9.07. The van der Waals surface area contributed by atoms with E-state index in [4.69, 9.17) is 0 Å². The van der Waals surface area contributed by atoms with Crippen molar-refractivity contribution in [1.29, 1.82) is 0 Å². The lowest BCUT2D eigenvalue weighted by Crippen LogP contribution is -2.34. The molecule has 106 valence electrons. The fourth-order valence-electron chi connectivity index (χ4n) is 2.25. The number of hydrogen-bond acceptors (Lipinski definition) is 3. The van der Waals surface area contributed by atoms with Crippen LogP contribution >= 0.6 is 0 Å². The van der Waals surface area contributed by atoms with E-state index in [-0.39, 0.29) is 0 Å². The van der Waals surface area contributed by atoms with E-state index in [2.05, 4.69) is 72.2 Å². The third kappa shape index (κ3) is 3.81. The molecule has 3 nitrogen and oxygen atoms in total. The SMILES string of the molecule is CC(c1ccccc1)N(CCN(C)C)c1ccccn1. The van der Waals surface area contributed by atoms with E-state index >= 15 is 0 Å². The number of nitrogens with zero attached hydrogens (tertiary/aromatic N) is 3. The zero-order valence-electron chi connectivity index (χ0n) is 12.5. The highest BCUT2D eigenvalue weighted by Crippen LogP contribution is 2.24. The summed E-state index contributed by atoms with van der Waals surface area (Å²) in [6, 6.07) is 17.0. The van der Waals surface area contributed by atoms with Crippen molar-refractivity contribution >= 4 is 5.82 Å². The van der Waals surface area contributed by atoms with Crippen molar-refractivity contribution in [3.8, 4) is 0 Å². The highest BCUT2D eigenvalue weighted by Gasteiger charge is 2.17. The molecule has 3 heteroatoms. The molecule has 20 heavy (non-hydrogen) atoms. The van der Waals surface area contributed by atoms with E-state index in [9.17, 15) is 0 Å². The van der Waals surface area contributed by atoms with Crippen LogP contribution in [-0.4, -0.2) is 37.1 Å². The molecule has 0 aliphatic carbocycles. The average molecular weight is 269 g/mol. The molecule has 0 saturated carbocycles. The summed E-state index contributed by atoms with van der Waals surface area (Å²) in [5.41, 5.74) is 1.32. The van der Waals surface area contributed by atoms with E-state index in [0.29, 0.717) is 6.04 Å². The molecule has 0 bridgehead atoms. The number of benzene rings is 1. The molecule has 2 aromatic rings. The van der Waals surface area contributed by atoms with Gasteiger partial charge in [-0.25, -0.2) is 4.98 Å². The summed E-state index contributed by atoms with van der Waals surface area (Å²) < 4.78 is 0. The molecular formula is C17H23N3. The predicted octanol–water partition coefficient (Wildman–Crippen LogP) is 3.21. The molecule has 0 amide bonds. The maximum Gasteiger partial charge on any atom is 0.129 e. The van der Waals surface area contributed by atoms with Gasteiger partial charge in [0.25, 0.3) is 0 Å². The van der Waals surface area contributed by atoms with Crippen LogP contribution < -0.4 is 4.90 Å². The quantitative estimate of drug-likeness (QED) is 0.802. The van der Waals surface area contributed by atoms with Gasteiger partial charge < -0.3 is 9.80 Å². The fraction of sp³-hybridized carbons (Fsp3) is 0.353. The molecular weight excluding hydrogens is 246 g/mol. The third-order valence-electron chi connectivity index (χ3n) is 3.48. The Labute approximate surface area is 121 Å². The molecule has 0 fully saturated rings. The zero-order valence-corrected chi connectivity index (χ0v) is 12.5. The first-order chi connectivity index (χ1) is 9.68. The van der Waals surface area contributed by atoms with Crippen LogP contribution in [0.15, 0.2) is 54.7 Å². The monoisotopic (exact) mass is 269 g/mol. The summed E-state index contributed by atoms with van der Waals surface area (Å²) in [5.74, 6) is 1.03. The second-order valence-corrected chi connectivity index (χ2v) is 5.27. The van der Waals surface area contributed by atoms with Gasteiger partial charge in [0.15, 0.2) is 0 Å². The average Bonchev–Trinajstić information content (AvgIpc) is 2.49. The summed E-state index contributed by atoms with van der Waals surface area (Å²) in [7, 11) is 4.20. The minimum absolute atomic E-state index is 0.311. The van der Waals surface area contributed by atoms with Gasteiger partial charge in [0.2, 0.25) is 0 Å². The van der Waals surface area contributed by atoms with Gasteiger partial charge in [-0.2, -0.15) is 0 Å². The summed E-state index contributed by atoms with van der Waals surface area (Å²) >= 11 is 0. The van der Waals surface area contributed by atoms with Crippen LogP contribution in [0.5, 0.6) is 0 Å². The molecule has 2 rings (SSSR count). The van der Waals surface area contributed by atoms with Gasteiger partial charge in [-0.15, -0.1) is 0 Å². The van der Waals surface area contributed by atoms with E-state index in [1.54, 1.807) is 0 Å². The lowest BCUT2D eigenvalue weighted by Gasteiger charge is -2.31. The van der Waals surface area contributed by atoms with Crippen LogP contribution in [0.25, 0.3) is 0 Å². The fourth-order valence-corrected chi connectivity index (χ4v) is 2.25. The summed E-state index contributed by atoms with van der Waals surface area (Å²) in [5, 5.41) is 0. The maximum absolute atomic E-state index is 4.51. The lowest BCUT2D eigenvalue weighted by atomic mass is 10.1. The van der Waals surface area contributed by atoms with E-state index < -0.39 is 0 Å². The van der Waals surface area contributed by atoms with Crippen LogP contribution in [-0.2, 0) is 0 Å². The van der Waals surface area contributed by atoms with E-state index in [1.807, 2.05) is 18.3 Å². The number of pyridine rings is 1. The first kappa shape index (κ1) is 14.5. The summed E-state index contributed by atoms with van der Waals surface area (Å²) in [6.07, 6.45) is 1.86. The number of likely N-dealkylation sites (N-methyl/N-ethyl adjacent to an activating group) is 1. The molecule has 0 N–H and O–H groups in total. The Bertz CT molecular complexity index is 496. The van der Waals surface area contributed by atoms with Crippen molar-refractivity contribution in [2.75, 3.05) is 32.1 Å². The highest BCUT2D eigenvalue weighted by atomic mass is 15.2. The minimum Gasteiger partial charge on any atom is -0.349 e. The number of rotatable bonds is 6. The Morgan fingerprint density at radius 3 is 2.25 bits per heavy atom. The molecule has 0 aliphatic heterocycles. The van der Waals surface area contributed by atoms with Gasteiger partial charge in [0.1, 0.15) is 5.82 Å². The van der Waals surface area contributed by atoms with Crippen LogP contribution in [0.1, 0.15) is 18.5 Å². The van der Waals surface area contributed by atoms with Crippen LogP contribution in [0, 0.1) is 0 Å². The van der Waals surface area contributed by atoms with Gasteiger partial charge in [0, 0.05) is 19.3 Å². The second-order valence-electron chi connectivity index (χ2n) is 5.27. The Hall–Kier alpha value is -1.87. The third-order valence-corrected chi connectivity index (χ3v) is 3.48. The van der Waals surface area contributed by atoms with Crippen molar-refractivity contribution in [1.82, 2.24) is 9.88 Å². The van der Waals surface area contributed by atoms with Crippen molar-refractivity contribution in [3.05, 3.63) is 60.3 Å². The Morgan fingerprint density at radius 1 is 0.950 bits per heavy atom. The van der Waals surface area contributed by atoms with Crippen molar-refractivity contribution in [2.45, 2.75) is 13.0 Å². The van der Waals surface area contributed by atoms with Crippen molar-refractivity contribution in [3.63, 3.8) is 0 Å². The standard InChI is InChI=1S/C17H23N3/c1-15(16-9-5-4-6-10-16)20(14-13-19(2)3)17-11-7-8-12-18-17/h4-12,15H,13-14H2,1-3H3. The topological polar surface area (TPSA) is 19.4 Å². The smallest absolute Gasteiger partial charge is 0.129 e. The maximum atomic E-state index is 4.51. The van der Waals surface area contributed by atoms with Crippen molar-refractivity contribution < 1.29 is 0 Å². The molecule has 1 aromatic heterocycles. The van der Waals surface area contributed by atoms with Gasteiger partial charge in [0.05, 0.1) is 6.04 Å². The molecule has 0 radical (unpaired) electrons. The van der Waals surface area contributed by atoms with Gasteiger partial charge >= 0.3 is 0 Å². The van der Waals surface area contributed by atoms with Crippen LogP contribution in [0.3, 0.4) is 0 Å². The molecule has 0 spiro atoms. The van der Waals surface area contributed by atoms with E-state index in [0.717, 1.165) is 18.9 Å². The normalized spacial score (nSPS) is 12.4. The molecule has 0 aliphatic rings. The zero-order chi connectivity index (χ0) is 14.4. The molecule has 1 aromatic carbocycles. The highest BCUT2D eigenvalue weighted by molar-refractivity contribution is 5.41. The second kappa shape index (κ2) is 7.06. The predicted molar refractivity (Wildman–Crippen MR) is 85.0 cm³/mol. The van der Waals surface area contributed by atoms with Crippen molar-refractivity contribution in [2.24, 2.45) is 0 Å². The number of anilines is 1. The van der Waals surface area contributed by atoms with Crippen LogP contribution in [0.4, 0.5) is 5.82 Å². The Morgan fingerprint density at radius 2 is 1.65 bits per heavy atom. The Kier molecular flexibility index (Phi) is 5.13. The number of aromatic nitrogens is 1. The number of hydrogen-bond donors (Lipinski definition) is 0. The first-order valence-electron chi connectivity index (χ1n) is 7.06. The van der Waals surface area contributed by atoms with Crippen LogP contribution in [0.2, 0.25) is 0 Å². The molecule has 0 saturated heterocycles. The Balaban J connectivity index is 2.22. The van der Waals surface area contributed by atoms with Gasteiger partial charge in [-0.3, -0.25) is 0 Å². The van der Waals surface area contributed by atoms with Gasteiger partial charge in [-0.1, -0.05) is 36.4 Å². The molecule has 1 unspecified atom stereocenters. The van der Waals surface area contributed by atoms with E-state index in [1.165, 1.54) is 5.56 Å². The summed E-state index contributed by atoms with van der Waals surface area (Å²) in [6.45, 7) is 4.20. The van der Waals surface area contributed by atoms with Gasteiger partial charge in [-0.05, 0) is 38.7 Å². The minimum atomic E-state index is 0.311. The molecule has 1 atom stereocenters. The lowest BCUT2D eigenvalue weighted by molar-refractivity contribution is 0.406.